The standard InChI is InChI=1S/C14H22O2/c1-5-6-7-16-13-8-10(2)14(12(4)15)11(3)9-13/h8-9,12,15H,5-7H2,1-4H3/t12-/m1/s1. The molecule has 0 unspecified atom stereocenters. The Morgan fingerprint density at radius 3 is 2.25 bits per heavy atom. The zero-order valence-corrected chi connectivity index (χ0v) is 10.7. The molecule has 90 valence electrons. The van der Waals surface area contributed by atoms with Crippen LogP contribution in [-0.2, 0) is 0 Å². The van der Waals surface area contributed by atoms with E-state index < -0.39 is 6.10 Å². The van der Waals surface area contributed by atoms with Crippen molar-refractivity contribution in [2.45, 2.75) is 46.6 Å². The van der Waals surface area contributed by atoms with Crippen LogP contribution in [0.3, 0.4) is 0 Å². The molecule has 16 heavy (non-hydrogen) atoms. The Kier molecular flexibility index (Phi) is 4.81. The van der Waals surface area contributed by atoms with Crippen LogP contribution in [0, 0.1) is 13.8 Å². The molecule has 2 nitrogen and oxygen atoms in total. The Labute approximate surface area is 98.3 Å². The number of hydrogen-bond donors (Lipinski definition) is 1. The third kappa shape index (κ3) is 3.24. The summed E-state index contributed by atoms with van der Waals surface area (Å²) in [7, 11) is 0. The van der Waals surface area contributed by atoms with Crippen molar-refractivity contribution in [3.63, 3.8) is 0 Å². The van der Waals surface area contributed by atoms with Gasteiger partial charge >= 0.3 is 0 Å². The molecule has 0 bridgehead atoms. The number of hydrogen-bond acceptors (Lipinski definition) is 2. The number of rotatable bonds is 5. The fourth-order valence-electron chi connectivity index (χ4n) is 2.01. The Bertz CT molecular complexity index is 320. The van der Waals surface area contributed by atoms with E-state index in [-0.39, 0.29) is 0 Å². The first kappa shape index (κ1) is 13.0. The highest BCUT2D eigenvalue weighted by Gasteiger charge is 2.10. The SMILES string of the molecule is CCCCOc1cc(C)c([C@@H](C)O)c(C)c1. The summed E-state index contributed by atoms with van der Waals surface area (Å²) >= 11 is 0. The Morgan fingerprint density at radius 2 is 1.81 bits per heavy atom. The summed E-state index contributed by atoms with van der Waals surface area (Å²) in [6.45, 7) is 8.75. The van der Waals surface area contributed by atoms with E-state index in [1.807, 2.05) is 26.0 Å². The van der Waals surface area contributed by atoms with Gasteiger partial charge in [-0.05, 0) is 56.0 Å². The lowest BCUT2D eigenvalue weighted by Gasteiger charge is -2.15. The van der Waals surface area contributed by atoms with Crippen LogP contribution < -0.4 is 4.74 Å². The molecular formula is C14H22O2. The molecule has 0 amide bonds. The quantitative estimate of drug-likeness (QED) is 0.772. The van der Waals surface area contributed by atoms with Crippen LogP contribution in [-0.4, -0.2) is 11.7 Å². The van der Waals surface area contributed by atoms with Gasteiger partial charge in [0.2, 0.25) is 0 Å². The second-order valence-corrected chi connectivity index (χ2v) is 4.35. The maximum absolute atomic E-state index is 9.65. The smallest absolute Gasteiger partial charge is 0.119 e. The van der Waals surface area contributed by atoms with Gasteiger partial charge in [0, 0.05) is 0 Å². The van der Waals surface area contributed by atoms with Crippen molar-refractivity contribution >= 4 is 0 Å². The van der Waals surface area contributed by atoms with Gasteiger partial charge in [-0.2, -0.15) is 0 Å². The average Bonchev–Trinajstić information content (AvgIpc) is 2.16. The van der Waals surface area contributed by atoms with Crippen molar-refractivity contribution < 1.29 is 9.84 Å². The molecule has 1 N–H and O–H groups in total. The fraction of sp³-hybridized carbons (Fsp3) is 0.571. The van der Waals surface area contributed by atoms with Gasteiger partial charge in [0.1, 0.15) is 5.75 Å². The van der Waals surface area contributed by atoms with Crippen LogP contribution in [0.25, 0.3) is 0 Å². The van der Waals surface area contributed by atoms with E-state index >= 15 is 0 Å². The first-order valence-electron chi connectivity index (χ1n) is 5.98. The Hall–Kier alpha value is -1.02. The fourth-order valence-corrected chi connectivity index (χ4v) is 2.01. The molecule has 1 atom stereocenters. The predicted molar refractivity (Wildman–Crippen MR) is 67.0 cm³/mol. The molecule has 0 heterocycles. The summed E-state index contributed by atoms with van der Waals surface area (Å²) in [5, 5.41) is 9.65. The minimum atomic E-state index is -0.412. The number of aryl methyl sites for hydroxylation is 2. The van der Waals surface area contributed by atoms with Crippen molar-refractivity contribution in [2.24, 2.45) is 0 Å². The number of aliphatic hydroxyl groups is 1. The molecule has 0 saturated carbocycles. The summed E-state index contributed by atoms with van der Waals surface area (Å²) in [5.74, 6) is 0.910. The van der Waals surface area contributed by atoms with E-state index in [1.54, 1.807) is 6.92 Å². The number of aliphatic hydroxyl groups excluding tert-OH is 1. The molecule has 0 radical (unpaired) electrons. The highest BCUT2D eigenvalue weighted by Crippen LogP contribution is 2.26. The molecule has 0 aliphatic carbocycles. The molecular weight excluding hydrogens is 200 g/mol. The molecule has 0 fully saturated rings. The summed E-state index contributed by atoms with van der Waals surface area (Å²) in [6, 6.07) is 4.01. The zero-order valence-electron chi connectivity index (χ0n) is 10.7. The number of ether oxygens (including phenoxy) is 1. The molecule has 0 saturated heterocycles. The Morgan fingerprint density at radius 1 is 1.25 bits per heavy atom. The normalized spacial score (nSPS) is 12.6. The van der Waals surface area contributed by atoms with E-state index in [0.29, 0.717) is 0 Å². The van der Waals surface area contributed by atoms with Crippen LogP contribution in [0.5, 0.6) is 5.75 Å². The van der Waals surface area contributed by atoms with Crippen LogP contribution in [0.1, 0.15) is 49.5 Å². The molecule has 2 heteroatoms. The van der Waals surface area contributed by atoms with E-state index in [0.717, 1.165) is 41.9 Å². The summed E-state index contributed by atoms with van der Waals surface area (Å²) in [6.07, 6.45) is 1.81. The van der Waals surface area contributed by atoms with E-state index in [1.165, 1.54) is 0 Å². The highest BCUT2D eigenvalue weighted by molar-refractivity contribution is 5.42. The van der Waals surface area contributed by atoms with Crippen LogP contribution in [0.4, 0.5) is 0 Å². The van der Waals surface area contributed by atoms with Gasteiger partial charge in [-0.15, -0.1) is 0 Å². The third-order valence-electron chi connectivity index (χ3n) is 2.75. The van der Waals surface area contributed by atoms with Crippen molar-refractivity contribution in [1.82, 2.24) is 0 Å². The van der Waals surface area contributed by atoms with Gasteiger partial charge in [0.25, 0.3) is 0 Å². The molecule has 0 spiro atoms. The largest absolute Gasteiger partial charge is 0.494 e. The number of unbranched alkanes of at least 4 members (excludes halogenated alkanes) is 1. The van der Waals surface area contributed by atoms with Gasteiger partial charge in [-0.25, -0.2) is 0 Å². The maximum Gasteiger partial charge on any atom is 0.119 e. The topological polar surface area (TPSA) is 29.5 Å². The molecule has 0 aliphatic rings. The van der Waals surface area contributed by atoms with Crippen LogP contribution >= 0.6 is 0 Å². The molecule has 0 aliphatic heterocycles. The highest BCUT2D eigenvalue weighted by atomic mass is 16.5. The predicted octanol–water partition coefficient (Wildman–Crippen LogP) is 3.54. The lowest BCUT2D eigenvalue weighted by Crippen LogP contribution is -2.02. The van der Waals surface area contributed by atoms with Crippen molar-refractivity contribution in [3.8, 4) is 5.75 Å². The first-order valence-corrected chi connectivity index (χ1v) is 5.98. The number of benzene rings is 1. The summed E-state index contributed by atoms with van der Waals surface area (Å²) in [4.78, 5) is 0. The lowest BCUT2D eigenvalue weighted by atomic mass is 9.98. The van der Waals surface area contributed by atoms with Crippen molar-refractivity contribution in [3.05, 3.63) is 28.8 Å². The molecule has 1 rings (SSSR count). The van der Waals surface area contributed by atoms with Gasteiger partial charge in [0.05, 0.1) is 12.7 Å². The van der Waals surface area contributed by atoms with E-state index in [4.69, 9.17) is 4.74 Å². The second kappa shape index (κ2) is 5.90. The van der Waals surface area contributed by atoms with E-state index in [2.05, 4.69) is 6.92 Å². The first-order chi connectivity index (χ1) is 7.56. The third-order valence-corrected chi connectivity index (χ3v) is 2.75. The van der Waals surface area contributed by atoms with Crippen LogP contribution in [0.15, 0.2) is 12.1 Å². The van der Waals surface area contributed by atoms with Gasteiger partial charge in [-0.3, -0.25) is 0 Å². The zero-order chi connectivity index (χ0) is 12.1. The minimum Gasteiger partial charge on any atom is -0.494 e. The maximum atomic E-state index is 9.65. The summed E-state index contributed by atoms with van der Waals surface area (Å²) in [5.41, 5.74) is 3.21. The molecule has 1 aromatic carbocycles. The van der Waals surface area contributed by atoms with Crippen molar-refractivity contribution in [1.29, 1.82) is 0 Å². The molecule has 1 aromatic rings. The second-order valence-electron chi connectivity index (χ2n) is 4.35. The van der Waals surface area contributed by atoms with Gasteiger partial charge < -0.3 is 9.84 Å². The minimum absolute atomic E-state index is 0.412. The van der Waals surface area contributed by atoms with Crippen molar-refractivity contribution in [2.75, 3.05) is 6.61 Å². The Balaban J connectivity index is 2.83. The molecule has 0 aromatic heterocycles. The average molecular weight is 222 g/mol. The lowest BCUT2D eigenvalue weighted by molar-refractivity contribution is 0.197. The van der Waals surface area contributed by atoms with Gasteiger partial charge in [-0.1, -0.05) is 13.3 Å². The monoisotopic (exact) mass is 222 g/mol. The van der Waals surface area contributed by atoms with Crippen LogP contribution in [0.2, 0.25) is 0 Å². The summed E-state index contributed by atoms with van der Waals surface area (Å²) < 4.78 is 5.66. The van der Waals surface area contributed by atoms with Gasteiger partial charge in [0.15, 0.2) is 0 Å². The van der Waals surface area contributed by atoms with E-state index in [9.17, 15) is 5.11 Å².